The Labute approximate surface area is 177 Å². The van der Waals surface area contributed by atoms with Crippen LogP contribution >= 0.6 is 15.9 Å². The van der Waals surface area contributed by atoms with Crippen LogP contribution in [0.3, 0.4) is 0 Å². The van der Waals surface area contributed by atoms with Crippen molar-refractivity contribution >= 4 is 27.6 Å². The highest BCUT2D eigenvalue weighted by atomic mass is 79.9. The first-order valence-corrected chi connectivity index (χ1v) is 10.3. The topological polar surface area (TPSA) is 69.4 Å². The van der Waals surface area contributed by atoms with E-state index < -0.39 is 0 Å². The molecule has 0 saturated carbocycles. The van der Waals surface area contributed by atoms with Gasteiger partial charge in [-0.05, 0) is 50.1 Å². The van der Waals surface area contributed by atoms with Crippen LogP contribution in [0.2, 0.25) is 0 Å². The Morgan fingerprint density at radius 3 is 2.86 bits per heavy atom. The van der Waals surface area contributed by atoms with Crippen molar-refractivity contribution in [3.63, 3.8) is 0 Å². The summed E-state index contributed by atoms with van der Waals surface area (Å²) in [6.45, 7) is 2.04. The molecule has 1 aliphatic heterocycles. The Morgan fingerprint density at radius 1 is 1.24 bits per heavy atom. The number of imidazole rings is 1. The number of halogens is 1. The van der Waals surface area contributed by atoms with Gasteiger partial charge in [-0.3, -0.25) is 19.3 Å². The third kappa shape index (κ3) is 3.87. The fourth-order valence-corrected chi connectivity index (χ4v) is 3.98. The van der Waals surface area contributed by atoms with Gasteiger partial charge in [0, 0.05) is 34.5 Å². The fourth-order valence-electron chi connectivity index (χ4n) is 3.62. The summed E-state index contributed by atoms with van der Waals surface area (Å²) >= 11 is 3.59. The van der Waals surface area contributed by atoms with Gasteiger partial charge in [0.05, 0.1) is 24.2 Å². The lowest BCUT2D eigenvalue weighted by Crippen LogP contribution is -2.09. The van der Waals surface area contributed by atoms with Crippen molar-refractivity contribution in [2.75, 3.05) is 7.11 Å². The molecule has 29 heavy (non-hydrogen) atoms. The Balaban J connectivity index is 1.85. The first-order chi connectivity index (χ1) is 14.1. The van der Waals surface area contributed by atoms with E-state index in [0.29, 0.717) is 19.3 Å². The number of benzene rings is 1. The Morgan fingerprint density at radius 2 is 2.10 bits per heavy atom. The lowest BCUT2D eigenvalue weighted by atomic mass is 10.0. The molecular weight excluding hydrogens is 432 g/mol. The number of ether oxygens (including phenoxy) is 1. The zero-order valence-corrected chi connectivity index (χ0v) is 17.9. The highest BCUT2D eigenvalue weighted by molar-refractivity contribution is 9.10. The highest BCUT2D eigenvalue weighted by Crippen LogP contribution is 2.34. The maximum Gasteiger partial charge on any atom is 0.305 e. The molecule has 148 valence electrons. The van der Waals surface area contributed by atoms with E-state index in [-0.39, 0.29) is 12.0 Å². The molecule has 0 N–H and O–H groups in total. The predicted molar refractivity (Wildman–Crippen MR) is 114 cm³/mol. The normalized spacial score (nSPS) is 15.1. The largest absolute Gasteiger partial charge is 0.469 e. The van der Waals surface area contributed by atoms with Crippen LogP contribution < -0.4 is 0 Å². The van der Waals surface area contributed by atoms with Crippen LogP contribution in [0.1, 0.15) is 48.1 Å². The second-order valence-corrected chi connectivity index (χ2v) is 7.85. The second kappa shape index (κ2) is 8.29. The van der Waals surface area contributed by atoms with Gasteiger partial charge in [0.25, 0.3) is 0 Å². The summed E-state index contributed by atoms with van der Waals surface area (Å²) < 4.78 is 7.91. The SMILES string of the molecule is COC(=O)CCC[C@@H]1N=C(c2ccccn2)c2cc(Br)ccc2-n2c(C)cnc21. The van der Waals surface area contributed by atoms with E-state index in [1.807, 2.05) is 37.4 Å². The van der Waals surface area contributed by atoms with E-state index >= 15 is 0 Å². The number of carbonyl (C=O) groups excluding carboxylic acids is 1. The molecule has 1 aromatic carbocycles. The molecule has 6 nitrogen and oxygen atoms in total. The van der Waals surface area contributed by atoms with Gasteiger partial charge in [-0.2, -0.15) is 0 Å². The molecule has 0 amide bonds. The van der Waals surface area contributed by atoms with Crippen molar-refractivity contribution in [1.29, 1.82) is 0 Å². The minimum Gasteiger partial charge on any atom is -0.469 e. The van der Waals surface area contributed by atoms with E-state index in [9.17, 15) is 4.79 Å². The van der Waals surface area contributed by atoms with E-state index in [1.165, 1.54) is 7.11 Å². The number of hydrogen-bond donors (Lipinski definition) is 0. The summed E-state index contributed by atoms with van der Waals surface area (Å²) in [7, 11) is 1.41. The summed E-state index contributed by atoms with van der Waals surface area (Å²) in [5.41, 5.74) is 4.70. The third-order valence-corrected chi connectivity index (χ3v) is 5.49. The van der Waals surface area contributed by atoms with Crippen LogP contribution in [0.25, 0.3) is 5.69 Å². The molecule has 7 heteroatoms. The number of carbonyl (C=O) groups is 1. The van der Waals surface area contributed by atoms with Gasteiger partial charge < -0.3 is 4.74 Å². The van der Waals surface area contributed by atoms with Crippen molar-refractivity contribution in [3.05, 3.63) is 76.0 Å². The number of aromatic nitrogens is 3. The molecular formula is C22H21BrN4O2. The minimum absolute atomic E-state index is 0.184. The summed E-state index contributed by atoms with van der Waals surface area (Å²) in [6.07, 6.45) is 5.37. The summed E-state index contributed by atoms with van der Waals surface area (Å²) in [4.78, 5) is 25.9. The molecule has 2 aromatic heterocycles. The first kappa shape index (κ1) is 19.5. The van der Waals surface area contributed by atoms with E-state index in [2.05, 4.69) is 42.6 Å². The molecule has 0 aliphatic carbocycles. The zero-order valence-electron chi connectivity index (χ0n) is 16.3. The minimum atomic E-state index is -0.209. The lowest BCUT2D eigenvalue weighted by molar-refractivity contribution is -0.140. The maximum absolute atomic E-state index is 11.6. The Bertz CT molecular complexity index is 1080. The van der Waals surface area contributed by atoms with Gasteiger partial charge in [-0.1, -0.05) is 22.0 Å². The third-order valence-electron chi connectivity index (χ3n) is 5.00. The summed E-state index contributed by atoms with van der Waals surface area (Å²) in [5.74, 6) is 0.668. The number of aryl methyl sites for hydroxylation is 1. The number of methoxy groups -OCH3 is 1. The molecule has 1 aliphatic rings. The van der Waals surface area contributed by atoms with E-state index in [0.717, 1.165) is 38.6 Å². The Kier molecular flexibility index (Phi) is 5.58. The molecule has 3 aromatic rings. The maximum atomic E-state index is 11.6. The lowest BCUT2D eigenvalue weighted by Gasteiger charge is -2.14. The smallest absolute Gasteiger partial charge is 0.305 e. The molecule has 0 spiro atoms. The molecule has 0 unspecified atom stereocenters. The van der Waals surface area contributed by atoms with Gasteiger partial charge in [0.1, 0.15) is 11.9 Å². The van der Waals surface area contributed by atoms with Crippen molar-refractivity contribution in [1.82, 2.24) is 14.5 Å². The van der Waals surface area contributed by atoms with Crippen molar-refractivity contribution in [3.8, 4) is 5.69 Å². The standard InChI is InChI=1S/C22H21BrN4O2/c1-14-13-25-22-18(7-5-8-20(28)29-2)26-21(17-6-3-4-11-24-17)16-12-15(23)9-10-19(16)27(14)22/h3-4,6,9-13,18H,5,7-8H2,1-2H3/t18-/m0/s1. The van der Waals surface area contributed by atoms with E-state index in [1.54, 1.807) is 6.20 Å². The molecule has 1 atom stereocenters. The monoisotopic (exact) mass is 452 g/mol. The van der Waals surface area contributed by atoms with Gasteiger partial charge in [0.2, 0.25) is 0 Å². The predicted octanol–water partition coefficient (Wildman–Crippen LogP) is 4.57. The molecule has 0 saturated heterocycles. The molecule has 0 bridgehead atoms. The highest BCUT2D eigenvalue weighted by Gasteiger charge is 2.27. The number of esters is 1. The molecule has 4 rings (SSSR count). The van der Waals surface area contributed by atoms with Crippen LogP contribution in [0.4, 0.5) is 0 Å². The molecule has 0 fully saturated rings. The summed E-state index contributed by atoms with van der Waals surface area (Å²) in [5, 5.41) is 0. The van der Waals surface area contributed by atoms with E-state index in [4.69, 9.17) is 9.73 Å². The number of hydrogen-bond acceptors (Lipinski definition) is 5. The number of rotatable bonds is 5. The van der Waals surface area contributed by atoms with Gasteiger partial charge in [0.15, 0.2) is 0 Å². The zero-order chi connectivity index (χ0) is 20.4. The summed E-state index contributed by atoms with van der Waals surface area (Å²) in [6, 6.07) is 11.8. The number of nitrogens with zero attached hydrogens (tertiary/aromatic N) is 4. The fraction of sp³-hybridized carbons (Fsp3) is 0.273. The second-order valence-electron chi connectivity index (χ2n) is 6.93. The van der Waals surface area contributed by atoms with Crippen LogP contribution in [0.5, 0.6) is 0 Å². The van der Waals surface area contributed by atoms with Crippen molar-refractivity contribution in [2.45, 2.75) is 32.2 Å². The number of fused-ring (bicyclic) bond motifs is 3. The first-order valence-electron chi connectivity index (χ1n) is 9.49. The molecule has 3 heterocycles. The Hall–Kier alpha value is -2.80. The van der Waals surface area contributed by atoms with Gasteiger partial charge in [-0.15, -0.1) is 0 Å². The van der Waals surface area contributed by atoms with Crippen molar-refractivity contribution in [2.24, 2.45) is 4.99 Å². The van der Waals surface area contributed by atoms with Crippen molar-refractivity contribution < 1.29 is 9.53 Å². The quantitative estimate of drug-likeness (QED) is 0.531. The van der Waals surface area contributed by atoms with Gasteiger partial charge in [-0.25, -0.2) is 4.98 Å². The molecule has 0 radical (unpaired) electrons. The number of aliphatic imine (C=N–C) groups is 1. The average Bonchev–Trinajstić information content (AvgIpc) is 3.05. The van der Waals surface area contributed by atoms with Gasteiger partial charge >= 0.3 is 5.97 Å². The average molecular weight is 453 g/mol. The van der Waals surface area contributed by atoms with Crippen LogP contribution in [0, 0.1) is 6.92 Å². The van der Waals surface area contributed by atoms with Crippen LogP contribution in [0.15, 0.2) is 58.3 Å². The van der Waals surface area contributed by atoms with Crippen LogP contribution in [-0.4, -0.2) is 33.3 Å². The number of pyridine rings is 1. The van der Waals surface area contributed by atoms with Crippen LogP contribution in [-0.2, 0) is 9.53 Å².